The molecule has 36 heavy (non-hydrogen) atoms. The monoisotopic (exact) mass is 535 g/mol. The lowest BCUT2D eigenvalue weighted by atomic mass is 9.84. The predicted octanol–water partition coefficient (Wildman–Crippen LogP) is 6.65. The number of rotatable bonds is 8. The molecule has 0 radical (unpaired) electrons. The Morgan fingerprint density at radius 1 is 1.19 bits per heavy atom. The van der Waals surface area contributed by atoms with Gasteiger partial charge in [-0.15, -0.1) is 11.3 Å². The molecule has 0 spiro atoms. The van der Waals surface area contributed by atoms with Crippen LogP contribution in [0.15, 0.2) is 58.6 Å². The number of fused-ring (bicyclic) bond motifs is 1. The molecule has 0 amide bonds. The van der Waals surface area contributed by atoms with Gasteiger partial charge in [0.25, 0.3) is 0 Å². The summed E-state index contributed by atoms with van der Waals surface area (Å²) in [5.41, 5.74) is 10.7. The van der Waals surface area contributed by atoms with E-state index in [0.29, 0.717) is 6.42 Å². The Bertz CT molecular complexity index is 1470. The van der Waals surface area contributed by atoms with Gasteiger partial charge < -0.3 is 5.32 Å². The molecular formula is C30H34NO2PS2. The standard InChI is InChI=1S/C30H34NO2PS2/c1-18-15-19(2)28(25-8-5-7-23(18)25)29(24-9-6-14-31-20(24)3)27(36(4,33)22-11-12-22)13-10-21-16-26(30(32)34)35-17-21/h6,9,14-17,22,31H,3-5,7-8,10-13,34H2,1-2H3/b29-27+. The molecule has 2 aliphatic carbocycles. The number of benzene rings is 1. The number of carbonyl (C=O) groups is 1. The summed E-state index contributed by atoms with van der Waals surface area (Å²) in [4.78, 5) is 13.5. The van der Waals surface area contributed by atoms with Crippen LogP contribution in [-0.4, -0.2) is 20.9 Å². The lowest BCUT2D eigenvalue weighted by Gasteiger charge is -2.27. The van der Waals surface area contributed by atoms with E-state index in [4.69, 9.17) is 0 Å². The molecule has 6 heteroatoms. The average molecular weight is 536 g/mol. The second kappa shape index (κ2) is 9.93. The summed E-state index contributed by atoms with van der Waals surface area (Å²) >= 11 is 1.47. The van der Waals surface area contributed by atoms with E-state index >= 15 is 0 Å². The third kappa shape index (κ3) is 4.74. The molecule has 0 saturated heterocycles. The maximum absolute atomic E-state index is 14.5. The van der Waals surface area contributed by atoms with Crippen molar-refractivity contribution in [1.29, 1.82) is 0 Å². The van der Waals surface area contributed by atoms with Crippen LogP contribution in [0.25, 0.3) is 5.57 Å². The van der Waals surface area contributed by atoms with Crippen molar-refractivity contribution in [2.24, 2.45) is 0 Å². The van der Waals surface area contributed by atoms with E-state index in [1.807, 2.05) is 18.3 Å². The summed E-state index contributed by atoms with van der Waals surface area (Å²) in [5, 5.41) is 5.48. The van der Waals surface area contributed by atoms with E-state index in [2.05, 4.69) is 58.4 Å². The molecule has 1 aromatic heterocycles. The molecule has 1 aromatic carbocycles. The van der Waals surface area contributed by atoms with Crippen LogP contribution in [0, 0.1) is 13.8 Å². The number of aryl methyl sites for hydroxylation is 3. The van der Waals surface area contributed by atoms with Crippen molar-refractivity contribution in [2.45, 2.75) is 64.0 Å². The first kappa shape index (κ1) is 25.4. The minimum atomic E-state index is -2.49. The van der Waals surface area contributed by atoms with Gasteiger partial charge in [0.2, 0.25) is 0 Å². The molecule has 2 unspecified atom stereocenters. The molecule has 5 rings (SSSR count). The minimum Gasteiger partial charge on any atom is -0.362 e. The van der Waals surface area contributed by atoms with Gasteiger partial charge in [-0.1, -0.05) is 28.0 Å². The van der Waals surface area contributed by atoms with Gasteiger partial charge in [-0.25, -0.2) is 0 Å². The van der Waals surface area contributed by atoms with Crippen molar-refractivity contribution in [3.63, 3.8) is 0 Å². The predicted molar refractivity (Wildman–Crippen MR) is 159 cm³/mol. The molecule has 1 N–H and O–H groups in total. The van der Waals surface area contributed by atoms with Gasteiger partial charge in [0.05, 0.1) is 4.88 Å². The molecular weight excluding hydrogens is 501 g/mol. The summed E-state index contributed by atoms with van der Waals surface area (Å²) in [6.07, 6.45) is 12.6. The quantitative estimate of drug-likeness (QED) is 0.304. The maximum atomic E-state index is 14.5. The SMILES string of the molecule is C=C1NC=CC=C1/C(=C(/CCc1csc(C(=O)P)c1)S(=C)(=O)C1CC1)c1c(C)cc(C)c2c1CCC2. The third-order valence-electron chi connectivity index (χ3n) is 7.58. The second-order valence-electron chi connectivity index (χ2n) is 10.2. The van der Waals surface area contributed by atoms with Crippen molar-refractivity contribution in [3.05, 3.63) is 96.9 Å². The molecule has 1 saturated carbocycles. The summed E-state index contributed by atoms with van der Waals surface area (Å²) in [7, 11) is -0.238. The molecule has 0 bridgehead atoms. The molecule has 1 fully saturated rings. The average Bonchev–Trinajstić information content (AvgIpc) is 3.39. The van der Waals surface area contributed by atoms with Gasteiger partial charge >= 0.3 is 0 Å². The van der Waals surface area contributed by atoms with E-state index in [-0.39, 0.29) is 10.8 Å². The van der Waals surface area contributed by atoms with Gasteiger partial charge in [-0.3, -0.25) is 9.00 Å². The number of thiophene rings is 1. The lowest BCUT2D eigenvalue weighted by molar-refractivity contribution is 0.109. The molecule has 188 valence electrons. The van der Waals surface area contributed by atoms with Crippen molar-refractivity contribution in [2.75, 3.05) is 0 Å². The number of hydrogen-bond acceptors (Lipinski definition) is 4. The highest BCUT2D eigenvalue weighted by molar-refractivity contribution is 8.04. The molecule has 3 aliphatic rings. The molecule has 2 atom stereocenters. The van der Waals surface area contributed by atoms with Gasteiger partial charge in [0, 0.05) is 33.2 Å². The van der Waals surface area contributed by atoms with Gasteiger partial charge in [0.1, 0.15) is 0 Å². The van der Waals surface area contributed by atoms with Crippen LogP contribution in [0.2, 0.25) is 0 Å². The fourth-order valence-corrected chi connectivity index (χ4v) is 9.06. The fraction of sp³-hybridized carbons (Fsp3) is 0.333. The normalized spacial score (nSPS) is 19.3. The zero-order valence-electron chi connectivity index (χ0n) is 21.1. The Morgan fingerprint density at radius 3 is 2.61 bits per heavy atom. The van der Waals surface area contributed by atoms with E-state index in [1.165, 1.54) is 39.2 Å². The number of nitrogens with one attached hydrogen (secondary N) is 1. The fourth-order valence-electron chi connectivity index (χ4n) is 5.67. The van der Waals surface area contributed by atoms with E-state index < -0.39 is 9.52 Å². The largest absolute Gasteiger partial charge is 0.362 e. The van der Waals surface area contributed by atoms with E-state index in [1.54, 1.807) is 0 Å². The van der Waals surface area contributed by atoms with E-state index in [0.717, 1.165) is 70.7 Å². The first-order valence-electron chi connectivity index (χ1n) is 12.6. The van der Waals surface area contributed by atoms with Crippen molar-refractivity contribution in [1.82, 2.24) is 5.32 Å². The number of carbonyl (C=O) groups excluding carboxylic acids is 1. The first-order valence-corrected chi connectivity index (χ1v) is 15.8. The molecule has 1 aliphatic heterocycles. The smallest absolute Gasteiger partial charge is 0.187 e. The van der Waals surface area contributed by atoms with Crippen LogP contribution < -0.4 is 5.32 Å². The Morgan fingerprint density at radius 2 is 1.94 bits per heavy atom. The van der Waals surface area contributed by atoms with Crippen molar-refractivity contribution in [3.8, 4) is 0 Å². The van der Waals surface area contributed by atoms with Crippen LogP contribution in [0.3, 0.4) is 0 Å². The maximum Gasteiger partial charge on any atom is 0.187 e. The number of allylic oxidation sites excluding steroid dienone is 4. The molecule has 2 aromatic rings. The number of dihydropyridines is 1. The van der Waals surface area contributed by atoms with Crippen LogP contribution >= 0.6 is 20.6 Å². The zero-order chi connectivity index (χ0) is 25.6. The highest BCUT2D eigenvalue weighted by atomic mass is 32.2. The van der Waals surface area contributed by atoms with Crippen molar-refractivity contribution >= 4 is 47.1 Å². The first-order chi connectivity index (χ1) is 17.2. The topological polar surface area (TPSA) is 46.2 Å². The van der Waals surface area contributed by atoms with Crippen LogP contribution in [0.4, 0.5) is 0 Å². The summed E-state index contributed by atoms with van der Waals surface area (Å²) in [6, 6.07) is 4.27. The Hall–Kier alpha value is -2.20. The van der Waals surface area contributed by atoms with Crippen LogP contribution in [-0.2, 0) is 28.8 Å². The summed E-state index contributed by atoms with van der Waals surface area (Å²) in [5.74, 6) is 4.40. The Balaban J connectivity index is 1.74. The Kier molecular flexibility index (Phi) is 7.02. The molecule has 2 heterocycles. The highest BCUT2D eigenvalue weighted by Gasteiger charge is 2.36. The lowest BCUT2D eigenvalue weighted by Crippen LogP contribution is -2.18. The Labute approximate surface area is 221 Å². The van der Waals surface area contributed by atoms with E-state index in [9.17, 15) is 9.00 Å². The molecule has 3 nitrogen and oxygen atoms in total. The second-order valence-corrected chi connectivity index (χ2v) is 14.2. The summed E-state index contributed by atoms with van der Waals surface area (Å²) in [6.45, 7) is 8.73. The van der Waals surface area contributed by atoms with Gasteiger partial charge in [0.15, 0.2) is 5.52 Å². The third-order valence-corrected chi connectivity index (χ3v) is 11.9. The summed E-state index contributed by atoms with van der Waals surface area (Å²) < 4.78 is 14.5. The van der Waals surface area contributed by atoms with Crippen LogP contribution in [0.5, 0.6) is 0 Å². The number of hydrogen-bond donors (Lipinski definition) is 1. The van der Waals surface area contributed by atoms with Gasteiger partial charge in [-0.2, -0.15) is 0 Å². The minimum absolute atomic E-state index is 0.00834. The zero-order valence-corrected chi connectivity index (χ0v) is 23.9. The van der Waals surface area contributed by atoms with Crippen molar-refractivity contribution < 1.29 is 9.00 Å². The highest BCUT2D eigenvalue weighted by Crippen LogP contribution is 2.45. The van der Waals surface area contributed by atoms with Crippen LogP contribution in [0.1, 0.15) is 68.7 Å². The van der Waals surface area contributed by atoms with Gasteiger partial charge in [-0.05, 0) is 125 Å².